The molecule has 0 spiro atoms. The number of hydrogen-bond donors (Lipinski definition) is 0. The molecule has 3 aromatic rings. The predicted octanol–water partition coefficient (Wildman–Crippen LogP) is 4.48. The van der Waals surface area contributed by atoms with Crippen LogP contribution in [0, 0.1) is 6.92 Å². The molecule has 1 atom stereocenters. The topological polar surface area (TPSA) is 64.8 Å². The molecule has 0 N–H and O–H groups in total. The molecule has 0 radical (unpaired) electrons. The third kappa shape index (κ3) is 4.71. The molecule has 6 nitrogen and oxygen atoms in total. The molecular formula is C24H26N2O4. The van der Waals surface area contributed by atoms with Crippen LogP contribution in [-0.2, 0) is 11.3 Å². The zero-order valence-electron chi connectivity index (χ0n) is 17.3. The van der Waals surface area contributed by atoms with Gasteiger partial charge in [0, 0.05) is 30.3 Å². The first-order chi connectivity index (χ1) is 14.6. The van der Waals surface area contributed by atoms with Crippen molar-refractivity contribution in [1.29, 1.82) is 0 Å². The van der Waals surface area contributed by atoms with Crippen molar-refractivity contribution in [2.24, 2.45) is 0 Å². The molecule has 1 aliphatic heterocycles. The Labute approximate surface area is 176 Å². The van der Waals surface area contributed by atoms with Gasteiger partial charge < -0.3 is 18.9 Å². The van der Waals surface area contributed by atoms with Gasteiger partial charge in [-0.2, -0.15) is 0 Å². The van der Waals surface area contributed by atoms with Crippen LogP contribution >= 0.6 is 0 Å². The highest BCUT2D eigenvalue weighted by Crippen LogP contribution is 2.24. The van der Waals surface area contributed by atoms with Crippen molar-refractivity contribution in [3.8, 4) is 17.1 Å². The smallest absolute Gasteiger partial charge is 0.254 e. The molecule has 30 heavy (non-hydrogen) atoms. The number of aryl methyl sites for hydroxylation is 1. The molecule has 4 rings (SSSR count). The number of carbonyl (C=O) groups is 1. The Morgan fingerprint density at radius 3 is 2.60 bits per heavy atom. The van der Waals surface area contributed by atoms with Crippen LogP contribution in [0.4, 0.5) is 0 Å². The summed E-state index contributed by atoms with van der Waals surface area (Å²) in [5, 5.41) is 4.20. The van der Waals surface area contributed by atoms with Gasteiger partial charge in [-0.25, -0.2) is 0 Å². The normalized spacial score (nSPS) is 15.9. The Kier molecular flexibility index (Phi) is 6.14. The number of hydrogen-bond acceptors (Lipinski definition) is 5. The lowest BCUT2D eigenvalue weighted by Crippen LogP contribution is -2.37. The van der Waals surface area contributed by atoms with Crippen LogP contribution in [0.3, 0.4) is 0 Å². The molecule has 6 heteroatoms. The maximum Gasteiger partial charge on any atom is 0.254 e. The zero-order valence-corrected chi connectivity index (χ0v) is 17.3. The third-order valence-electron chi connectivity index (χ3n) is 5.32. The van der Waals surface area contributed by atoms with E-state index in [1.54, 1.807) is 12.0 Å². The average molecular weight is 406 g/mol. The second-order valence-electron chi connectivity index (χ2n) is 7.60. The van der Waals surface area contributed by atoms with E-state index < -0.39 is 0 Å². The van der Waals surface area contributed by atoms with Crippen molar-refractivity contribution in [3.05, 3.63) is 71.4 Å². The van der Waals surface area contributed by atoms with Gasteiger partial charge in [-0.1, -0.05) is 22.9 Å². The molecule has 0 bridgehead atoms. The van der Waals surface area contributed by atoms with Gasteiger partial charge in [-0.15, -0.1) is 0 Å². The van der Waals surface area contributed by atoms with Gasteiger partial charge >= 0.3 is 0 Å². The summed E-state index contributed by atoms with van der Waals surface area (Å²) in [4.78, 5) is 15.0. The summed E-state index contributed by atoms with van der Waals surface area (Å²) in [5.74, 6) is 1.41. The number of methoxy groups -OCH3 is 1. The fourth-order valence-electron chi connectivity index (χ4n) is 3.61. The molecule has 1 amide bonds. The monoisotopic (exact) mass is 406 g/mol. The molecule has 2 heterocycles. The summed E-state index contributed by atoms with van der Waals surface area (Å²) in [6.07, 6.45) is 2.06. The second kappa shape index (κ2) is 9.13. The van der Waals surface area contributed by atoms with Crippen molar-refractivity contribution < 1.29 is 18.8 Å². The highest BCUT2D eigenvalue weighted by Gasteiger charge is 2.24. The van der Waals surface area contributed by atoms with Crippen LogP contribution in [0.25, 0.3) is 11.3 Å². The molecule has 1 aromatic heterocycles. The first kappa shape index (κ1) is 20.2. The molecule has 0 saturated carbocycles. The number of aromatic nitrogens is 1. The molecule has 156 valence electrons. The van der Waals surface area contributed by atoms with E-state index >= 15 is 0 Å². The van der Waals surface area contributed by atoms with Gasteiger partial charge in [0.05, 0.1) is 19.8 Å². The van der Waals surface area contributed by atoms with E-state index in [2.05, 4.69) is 5.16 Å². The Morgan fingerprint density at radius 2 is 1.93 bits per heavy atom. The summed E-state index contributed by atoms with van der Waals surface area (Å²) in [5.41, 5.74) is 3.40. The van der Waals surface area contributed by atoms with Crippen molar-refractivity contribution in [3.63, 3.8) is 0 Å². The van der Waals surface area contributed by atoms with Crippen LogP contribution in [0.5, 0.6) is 5.75 Å². The number of nitrogens with zero attached hydrogens (tertiary/aromatic N) is 2. The highest BCUT2D eigenvalue weighted by molar-refractivity contribution is 5.94. The number of rotatable bonds is 7. The minimum Gasteiger partial charge on any atom is -0.497 e. The van der Waals surface area contributed by atoms with Crippen LogP contribution < -0.4 is 4.74 Å². The fraction of sp³-hybridized carbons (Fsp3) is 0.333. The van der Waals surface area contributed by atoms with E-state index in [-0.39, 0.29) is 12.0 Å². The molecule has 1 fully saturated rings. The number of benzene rings is 2. The van der Waals surface area contributed by atoms with Crippen molar-refractivity contribution in [2.75, 3.05) is 20.3 Å². The number of carbonyl (C=O) groups excluding carboxylic acids is 1. The van der Waals surface area contributed by atoms with E-state index in [0.717, 1.165) is 36.3 Å². The quantitative estimate of drug-likeness (QED) is 0.579. The number of amides is 1. The van der Waals surface area contributed by atoms with Crippen LogP contribution in [0.1, 0.15) is 34.5 Å². The molecule has 0 aliphatic carbocycles. The van der Waals surface area contributed by atoms with E-state index in [1.165, 1.54) is 0 Å². The van der Waals surface area contributed by atoms with Crippen LogP contribution in [0.15, 0.2) is 59.1 Å². The standard InChI is InChI=1S/C24H26N2O4/c1-17-5-7-19(8-6-17)24(27)26(16-22-4-3-13-29-22)15-20-14-23(30-25-20)18-9-11-21(28-2)12-10-18/h5-12,14,22H,3-4,13,15-16H2,1-2H3/t22-/m0/s1. The van der Waals surface area contributed by atoms with E-state index in [4.69, 9.17) is 14.0 Å². The fourth-order valence-corrected chi connectivity index (χ4v) is 3.61. The summed E-state index contributed by atoms with van der Waals surface area (Å²) in [6, 6.07) is 17.1. The van der Waals surface area contributed by atoms with Crippen LogP contribution in [0.2, 0.25) is 0 Å². The maximum atomic E-state index is 13.2. The molecular weight excluding hydrogens is 380 g/mol. The summed E-state index contributed by atoms with van der Waals surface area (Å²) >= 11 is 0. The predicted molar refractivity (Wildman–Crippen MR) is 113 cm³/mol. The van der Waals surface area contributed by atoms with Gasteiger partial charge in [-0.3, -0.25) is 4.79 Å². The van der Waals surface area contributed by atoms with Crippen LogP contribution in [-0.4, -0.2) is 42.3 Å². The highest BCUT2D eigenvalue weighted by atomic mass is 16.5. The minimum atomic E-state index is -0.0282. The Morgan fingerprint density at radius 1 is 1.17 bits per heavy atom. The van der Waals surface area contributed by atoms with Crippen molar-refractivity contribution in [2.45, 2.75) is 32.4 Å². The van der Waals surface area contributed by atoms with E-state index in [9.17, 15) is 4.79 Å². The zero-order chi connectivity index (χ0) is 20.9. The SMILES string of the molecule is COc1ccc(-c2cc(CN(C[C@@H]3CCCO3)C(=O)c3ccc(C)cc3)no2)cc1. The summed E-state index contributed by atoms with van der Waals surface area (Å²) < 4.78 is 16.5. The van der Waals surface area contributed by atoms with Gasteiger partial charge in [0.15, 0.2) is 5.76 Å². The Hall–Kier alpha value is -3.12. The molecule has 2 aromatic carbocycles. The van der Waals surface area contributed by atoms with E-state index in [1.807, 2.05) is 61.5 Å². The van der Waals surface area contributed by atoms with Gasteiger partial charge in [0.1, 0.15) is 11.4 Å². The third-order valence-corrected chi connectivity index (χ3v) is 5.32. The first-order valence-electron chi connectivity index (χ1n) is 10.2. The molecule has 1 aliphatic rings. The van der Waals surface area contributed by atoms with Crippen molar-refractivity contribution in [1.82, 2.24) is 10.1 Å². The Bertz CT molecular complexity index is 973. The number of ether oxygens (including phenoxy) is 2. The van der Waals surface area contributed by atoms with Gasteiger partial charge in [0.2, 0.25) is 0 Å². The summed E-state index contributed by atoms with van der Waals surface area (Å²) in [7, 11) is 1.63. The maximum absolute atomic E-state index is 13.2. The van der Waals surface area contributed by atoms with Gasteiger partial charge in [0.25, 0.3) is 5.91 Å². The van der Waals surface area contributed by atoms with Crippen molar-refractivity contribution >= 4 is 5.91 Å². The lowest BCUT2D eigenvalue weighted by Gasteiger charge is -2.24. The molecule has 1 saturated heterocycles. The summed E-state index contributed by atoms with van der Waals surface area (Å²) in [6.45, 7) is 3.67. The lowest BCUT2D eigenvalue weighted by molar-refractivity contribution is 0.0502. The molecule has 0 unspecified atom stereocenters. The Balaban J connectivity index is 1.52. The average Bonchev–Trinajstić information content (AvgIpc) is 3.46. The minimum absolute atomic E-state index is 0.0282. The second-order valence-corrected chi connectivity index (χ2v) is 7.60. The largest absolute Gasteiger partial charge is 0.497 e. The first-order valence-corrected chi connectivity index (χ1v) is 10.2. The lowest BCUT2D eigenvalue weighted by atomic mass is 10.1. The van der Waals surface area contributed by atoms with Gasteiger partial charge in [-0.05, 0) is 56.2 Å². The van der Waals surface area contributed by atoms with E-state index in [0.29, 0.717) is 30.1 Å².